The molecule has 0 radical (unpaired) electrons. The SMILES string of the molecule is CC(C)(C)OC(=O)N[C@@H](Cc1c[nH]c2ccccc12)C(=O)C(C)(C)C. The molecule has 2 N–H and O–H groups in total. The molecule has 0 aliphatic rings. The minimum atomic E-state index is -0.644. The summed E-state index contributed by atoms with van der Waals surface area (Å²) >= 11 is 0. The van der Waals surface area contributed by atoms with Crippen LogP contribution in [-0.2, 0) is 16.0 Å². The smallest absolute Gasteiger partial charge is 0.408 e. The molecular formula is C20H28N2O3. The molecule has 0 unspecified atom stereocenters. The third-order valence-electron chi connectivity index (χ3n) is 3.85. The van der Waals surface area contributed by atoms with E-state index in [1.807, 2.05) is 51.2 Å². The molecule has 0 fully saturated rings. The van der Waals surface area contributed by atoms with Gasteiger partial charge in [0, 0.05) is 28.9 Å². The van der Waals surface area contributed by atoms with Gasteiger partial charge in [-0.1, -0.05) is 39.0 Å². The highest BCUT2D eigenvalue weighted by Gasteiger charge is 2.32. The lowest BCUT2D eigenvalue weighted by atomic mass is 9.84. The second-order valence-electron chi connectivity index (χ2n) is 8.38. The van der Waals surface area contributed by atoms with Gasteiger partial charge in [0.2, 0.25) is 0 Å². The van der Waals surface area contributed by atoms with E-state index in [0.29, 0.717) is 6.42 Å². The predicted molar refractivity (Wildman–Crippen MR) is 99.6 cm³/mol. The van der Waals surface area contributed by atoms with E-state index >= 15 is 0 Å². The molecule has 1 aromatic carbocycles. The van der Waals surface area contributed by atoms with Crippen molar-refractivity contribution in [3.8, 4) is 0 Å². The van der Waals surface area contributed by atoms with E-state index in [1.54, 1.807) is 20.8 Å². The van der Waals surface area contributed by atoms with Gasteiger partial charge >= 0.3 is 6.09 Å². The zero-order chi connectivity index (χ0) is 18.8. The molecule has 0 aliphatic carbocycles. The molecule has 25 heavy (non-hydrogen) atoms. The van der Waals surface area contributed by atoms with Crippen molar-refractivity contribution < 1.29 is 14.3 Å². The molecule has 136 valence electrons. The number of fused-ring (bicyclic) bond motifs is 1. The van der Waals surface area contributed by atoms with Crippen LogP contribution in [0, 0.1) is 5.41 Å². The Morgan fingerprint density at radius 3 is 2.36 bits per heavy atom. The molecule has 0 aliphatic heterocycles. The maximum absolute atomic E-state index is 12.8. The van der Waals surface area contributed by atoms with Crippen LogP contribution in [0.4, 0.5) is 4.79 Å². The van der Waals surface area contributed by atoms with Gasteiger partial charge in [0.15, 0.2) is 5.78 Å². The van der Waals surface area contributed by atoms with Crippen LogP contribution in [0.25, 0.3) is 10.9 Å². The molecule has 2 rings (SSSR count). The molecule has 1 amide bonds. The number of hydrogen-bond acceptors (Lipinski definition) is 3. The molecule has 0 bridgehead atoms. The van der Waals surface area contributed by atoms with Crippen molar-refractivity contribution in [3.05, 3.63) is 36.0 Å². The molecule has 1 aromatic heterocycles. The first-order valence-electron chi connectivity index (χ1n) is 8.56. The number of benzene rings is 1. The fourth-order valence-corrected chi connectivity index (χ4v) is 2.70. The third kappa shape index (κ3) is 5.08. The highest BCUT2D eigenvalue weighted by molar-refractivity contribution is 5.92. The fourth-order valence-electron chi connectivity index (χ4n) is 2.70. The monoisotopic (exact) mass is 344 g/mol. The average molecular weight is 344 g/mol. The zero-order valence-electron chi connectivity index (χ0n) is 15.9. The quantitative estimate of drug-likeness (QED) is 0.872. The standard InChI is InChI=1S/C20H28N2O3/c1-19(2,3)17(23)16(22-18(24)25-20(4,5)6)11-13-12-21-15-10-8-7-9-14(13)15/h7-10,12,16,21H,11H2,1-6H3,(H,22,24)/t16-/m0/s1. The number of carbonyl (C=O) groups excluding carboxylic acids is 2. The van der Waals surface area contributed by atoms with E-state index in [9.17, 15) is 9.59 Å². The van der Waals surface area contributed by atoms with Gasteiger partial charge in [0.1, 0.15) is 5.60 Å². The summed E-state index contributed by atoms with van der Waals surface area (Å²) in [7, 11) is 0. The highest BCUT2D eigenvalue weighted by Crippen LogP contribution is 2.23. The number of carbonyl (C=O) groups is 2. The van der Waals surface area contributed by atoms with Crippen LogP contribution in [0.15, 0.2) is 30.5 Å². The first-order valence-corrected chi connectivity index (χ1v) is 8.56. The molecule has 2 aromatic rings. The Balaban J connectivity index is 2.25. The maximum Gasteiger partial charge on any atom is 0.408 e. The van der Waals surface area contributed by atoms with Crippen molar-refractivity contribution in [2.45, 2.75) is 59.6 Å². The van der Waals surface area contributed by atoms with Crippen LogP contribution < -0.4 is 5.32 Å². The van der Waals surface area contributed by atoms with Crippen LogP contribution in [0.5, 0.6) is 0 Å². The van der Waals surface area contributed by atoms with E-state index in [2.05, 4.69) is 10.3 Å². The van der Waals surface area contributed by atoms with E-state index in [1.165, 1.54) is 0 Å². The van der Waals surface area contributed by atoms with Crippen molar-refractivity contribution in [2.75, 3.05) is 0 Å². The molecule has 5 nitrogen and oxygen atoms in total. The number of Topliss-reactive ketones (excluding diaryl/α,β-unsaturated/α-hetero) is 1. The minimum Gasteiger partial charge on any atom is -0.444 e. The first kappa shape index (κ1) is 19.0. The minimum absolute atomic E-state index is 0.0244. The Kier molecular flexibility index (Phi) is 5.26. The number of para-hydroxylation sites is 1. The van der Waals surface area contributed by atoms with Crippen molar-refractivity contribution in [1.82, 2.24) is 10.3 Å². The number of amides is 1. The summed E-state index contributed by atoms with van der Waals surface area (Å²) in [6.45, 7) is 11.0. The lowest BCUT2D eigenvalue weighted by Crippen LogP contribution is -2.48. The van der Waals surface area contributed by atoms with Crippen LogP contribution in [0.1, 0.15) is 47.1 Å². The van der Waals surface area contributed by atoms with Gasteiger partial charge in [0.05, 0.1) is 6.04 Å². The molecule has 0 saturated carbocycles. The summed E-state index contributed by atoms with van der Waals surface area (Å²) in [6, 6.07) is 7.27. The number of ketones is 1. The topological polar surface area (TPSA) is 71.2 Å². The van der Waals surface area contributed by atoms with Gasteiger partial charge in [-0.2, -0.15) is 0 Å². The number of aromatic amines is 1. The molecule has 0 spiro atoms. The van der Waals surface area contributed by atoms with Crippen molar-refractivity contribution >= 4 is 22.8 Å². The van der Waals surface area contributed by atoms with Crippen molar-refractivity contribution in [1.29, 1.82) is 0 Å². The summed E-state index contributed by atoms with van der Waals surface area (Å²) in [6.07, 6.45) is 1.74. The summed E-state index contributed by atoms with van der Waals surface area (Å²) < 4.78 is 5.33. The fraction of sp³-hybridized carbons (Fsp3) is 0.500. The van der Waals surface area contributed by atoms with Gasteiger partial charge < -0.3 is 15.0 Å². The number of hydrogen-bond donors (Lipinski definition) is 2. The molecule has 1 heterocycles. The predicted octanol–water partition coefficient (Wildman–Crippen LogP) is 4.22. The second kappa shape index (κ2) is 6.90. The van der Waals surface area contributed by atoms with E-state index in [0.717, 1.165) is 16.5 Å². The largest absolute Gasteiger partial charge is 0.444 e. The number of nitrogens with one attached hydrogen (secondary N) is 2. The number of ether oxygens (including phenoxy) is 1. The molecule has 1 atom stereocenters. The van der Waals surface area contributed by atoms with E-state index in [-0.39, 0.29) is 5.78 Å². The summed E-state index contributed by atoms with van der Waals surface area (Å²) in [5.41, 5.74) is 0.831. The van der Waals surface area contributed by atoms with E-state index < -0.39 is 23.2 Å². The van der Waals surface area contributed by atoms with Crippen LogP contribution in [-0.4, -0.2) is 28.5 Å². The third-order valence-corrected chi connectivity index (χ3v) is 3.85. The molecule has 0 saturated heterocycles. The van der Waals surface area contributed by atoms with Crippen molar-refractivity contribution in [3.63, 3.8) is 0 Å². The first-order chi connectivity index (χ1) is 11.5. The Labute approximate surface area is 149 Å². The Morgan fingerprint density at radius 2 is 1.76 bits per heavy atom. The number of rotatable bonds is 4. The zero-order valence-corrected chi connectivity index (χ0v) is 15.9. The second-order valence-corrected chi connectivity index (χ2v) is 8.38. The molecule has 5 heteroatoms. The Morgan fingerprint density at radius 1 is 1.12 bits per heavy atom. The molecular weight excluding hydrogens is 316 g/mol. The normalized spacial score (nSPS) is 13.5. The lowest BCUT2D eigenvalue weighted by Gasteiger charge is -2.27. The highest BCUT2D eigenvalue weighted by atomic mass is 16.6. The van der Waals surface area contributed by atoms with Gasteiger partial charge in [0.25, 0.3) is 0 Å². The average Bonchev–Trinajstić information content (AvgIpc) is 2.86. The summed E-state index contributed by atoms with van der Waals surface area (Å²) in [5, 5.41) is 3.81. The van der Waals surface area contributed by atoms with Crippen LogP contribution >= 0.6 is 0 Å². The number of H-pyrrole nitrogens is 1. The van der Waals surface area contributed by atoms with Crippen molar-refractivity contribution in [2.24, 2.45) is 5.41 Å². The van der Waals surface area contributed by atoms with Gasteiger partial charge in [-0.05, 0) is 32.4 Å². The van der Waals surface area contributed by atoms with E-state index in [4.69, 9.17) is 4.74 Å². The van der Waals surface area contributed by atoms with Gasteiger partial charge in [-0.15, -0.1) is 0 Å². The number of alkyl carbamates (subject to hydrolysis) is 1. The Bertz CT molecular complexity index is 763. The maximum atomic E-state index is 12.8. The van der Waals surface area contributed by atoms with Crippen LogP contribution in [0.2, 0.25) is 0 Å². The summed E-state index contributed by atoms with van der Waals surface area (Å²) in [5.74, 6) is -0.0244. The Hall–Kier alpha value is -2.30. The van der Waals surface area contributed by atoms with Gasteiger partial charge in [-0.25, -0.2) is 4.79 Å². The summed E-state index contributed by atoms with van der Waals surface area (Å²) in [4.78, 5) is 28.3. The number of aromatic nitrogens is 1. The lowest BCUT2D eigenvalue weighted by molar-refractivity contribution is -0.128. The van der Waals surface area contributed by atoms with Crippen LogP contribution in [0.3, 0.4) is 0 Å². The van der Waals surface area contributed by atoms with Gasteiger partial charge in [-0.3, -0.25) is 4.79 Å².